The summed E-state index contributed by atoms with van der Waals surface area (Å²) in [5.74, 6) is 0.468. The fourth-order valence-electron chi connectivity index (χ4n) is 1.14. The first-order chi connectivity index (χ1) is 7.15. The van der Waals surface area contributed by atoms with Gasteiger partial charge in [-0.3, -0.25) is 4.68 Å². The molecule has 2 N–H and O–H groups in total. The summed E-state index contributed by atoms with van der Waals surface area (Å²) in [7, 11) is 1.77. The van der Waals surface area contributed by atoms with Crippen molar-refractivity contribution in [3.63, 3.8) is 0 Å². The third kappa shape index (κ3) is 2.04. The summed E-state index contributed by atoms with van der Waals surface area (Å²) in [6.45, 7) is 1.86. The monoisotopic (exact) mass is 205 g/mol. The third-order valence-electron chi connectivity index (χ3n) is 1.82. The average Bonchev–Trinajstić information content (AvgIpc) is 2.56. The Balaban J connectivity index is 2.24. The molecule has 0 aliphatic rings. The van der Waals surface area contributed by atoms with Gasteiger partial charge in [-0.25, -0.2) is 4.98 Å². The van der Waals surface area contributed by atoms with Crippen LogP contribution in [-0.2, 0) is 7.05 Å². The minimum absolute atomic E-state index is 0.276. The maximum Gasteiger partial charge on any atom is 0.342 e. The van der Waals surface area contributed by atoms with E-state index in [0.29, 0.717) is 11.6 Å². The molecule has 0 aliphatic carbocycles. The van der Waals surface area contributed by atoms with Crippen molar-refractivity contribution >= 4 is 5.69 Å². The Morgan fingerprint density at radius 1 is 1.40 bits per heavy atom. The Morgan fingerprint density at radius 2 is 2.20 bits per heavy atom. The molecule has 78 valence electrons. The standard InChI is InChI=1S/C9H11N5O/c1-6-3-7(10)4-11-8(6)15-9-12-5-14(2)13-9/h3-5H,10H2,1-2H3. The van der Waals surface area contributed by atoms with Crippen LogP contribution < -0.4 is 10.5 Å². The summed E-state index contributed by atoms with van der Waals surface area (Å²) in [5.41, 5.74) is 7.03. The number of hydrogen-bond donors (Lipinski definition) is 1. The Kier molecular flexibility index (Phi) is 2.24. The molecule has 6 nitrogen and oxygen atoms in total. The lowest BCUT2D eigenvalue weighted by Gasteiger charge is -2.03. The second kappa shape index (κ2) is 3.56. The fraction of sp³-hybridized carbons (Fsp3) is 0.222. The van der Waals surface area contributed by atoms with E-state index >= 15 is 0 Å². The highest BCUT2D eigenvalue weighted by Gasteiger charge is 2.06. The smallest absolute Gasteiger partial charge is 0.342 e. The summed E-state index contributed by atoms with van der Waals surface area (Å²) in [6.07, 6.45) is 3.09. The molecule has 0 aliphatic heterocycles. The first-order valence-electron chi connectivity index (χ1n) is 4.41. The number of aryl methyl sites for hydroxylation is 2. The maximum atomic E-state index is 5.57. The lowest BCUT2D eigenvalue weighted by atomic mass is 10.3. The van der Waals surface area contributed by atoms with Gasteiger partial charge < -0.3 is 10.5 Å². The van der Waals surface area contributed by atoms with Gasteiger partial charge in [0.15, 0.2) is 0 Å². The predicted octanol–water partition coefficient (Wildman–Crippen LogP) is 0.893. The van der Waals surface area contributed by atoms with Crippen molar-refractivity contribution in [3.05, 3.63) is 24.2 Å². The molecule has 15 heavy (non-hydrogen) atoms. The zero-order valence-electron chi connectivity index (χ0n) is 8.51. The molecule has 0 unspecified atom stereocenters. The van der Waals surface area contributed by atoms with Gasteiger partial charge >= 0.3 is 6.01 Å². The fourth-order valence-corrected chi connectivity index (χ4v) is 1.14. The molecule has 0 aromatic carbocycles. The van der Waals surface area contributed by atoms with Crippen LogP contribution in [0.25, 0.3) is 0 Å². The lowest BCUT2D eigenvalue weighted by Crippen LogP contribution is -1.96. The van der Waals surface area contributed by atoms with Gasteiger partial charge in [0.05, 0.1) is 11.9 Å². The highest BCUT2D eigenvalue weighted by Crippen LogP contribution is 2.20. The summed E-state index contributed by atoms with van der Waals surface area (Å²) >= 11 is 0. The van der Waals surface area contributed by atoms with Gasteiger partial charge in [0.2, 0.25) is 5.88 Å². The van der Waals surface area contributed by atoms with Crippen molar-refractivity contribution in [2.45, 2.75) is 6.92 Å². The molecule has 0 atom stereocenters. The molecule has 0 bridgehead atoms. The number of nitrogens with zero attached hydrogens (tertiary/aromatic N) is 4. The zero-order chi connectivity index (χ0) is 10.8. The normalized spacial score (nSPS) is 10.3. The minimum atomic E-state index is 0.276. The van der Waals surface area contributed by atoms with Gasteiger partial charge in [-0.15, -0.1) is 5.10 Å². The number of nitrogen functional groups attached to an aromatic ring is 1. The van der Waals surface area contributed by atoms with E-state index < -0.39 is 0 Å². The lowest BCUT2D eigenvalue weighted by molar-refractivity contribution is 0.419. The van der Waals surface area contributed by atoms with Crippen molar-refractivity contribution in [1.29, 1.82) is 0 Å². The van der Waals surface area contributed by atoms with Crippen LogP contribution in [-0.4, -0.2) is 19.7 Å². The van der Waals surface area contributed by atoms with Gasteiger partial charge in [0.25, 0.3) is 0 Å². The number of aromatic nitrogens is 4. The topological polar surface area (TPSA) is 78.9 Å². The van der Waals surface area contributed by atoms with Gasteiger partial charge in [-0.2, -0.15) is 4.98 Å². The molecule has 0 spiro atoms. The van der Waals surface area contributed by atoms with E-state index in [9.17, 15) is 0 Å². The number of rotatable bonds is 2. The van der Waals surface area contributed by atoms with Crippen LogP contribution in [0.2, 0.25) is 0 Å². The second-order valence-electron chi connectivity index (χ2n) is 3.19. The molecular formula is C9H11N5O. The molecule has 0 saturated carbocycles. The first-order valence-corrected chi connectivity index (χ1v) is 4.41. The van der Waals surface area contributed by atoms with Crippen LogP contribution in [0, 0.1) is 6.92 Å². The van der Waals surface area contributed by atoms with Crippen LogP contribution in [0.15, 0.2) is 18.6 Å². The van der Waals surface area contributed by atoms with Crippen molar-refractivity contribution in [2.75, 3.05) is 5.73 Å². The van der Waals surface area contributed by atoms with E-state index in [2.05, 4.69) is 15.1 Å². The van der Waals surface area contributed by atoms with Crippen molar-refractivity contribution in [3.8, 4) is 11.9 Å². The molecule has 0 saturated heterocycles. The van der Waals surface area contributed by atoms with Crippen LogP contribution >= 0.6 is 0 Å². The number of ether oxygens (including phenoxy) is 1. The second-order valence-corrected chi connectivity index (χ2v) is 3.19. The number of nitrogens with two attached hydrogens (primary N) is 1. The van der Waals surface area contributed by atoms with E-state index in [1.807, 2.05) is 6.92 Å². The first kappa shape index (κ1) is 9.45. The van der Waals surface area contributed by atoms with Crippen molar-refractivity contribution in [1.82, 2.24) is 19.7 Å². The summed E-state index contributed by atoms with van der Waals surface area (Å²) < 4.78 is 6.93. The SMILES string of the molecule is Cc1cc(N)cnc1Oc1ncn(C)n1. The highest BCUT2D eigenvalue weighted by atomic mass is 16.5. The molecule has 0 fully saturated rings. The van der Waals surface area contributed by atoms with Crippen LogP contribution in [0.1, 0.15) is 5.56 Å². The molecule has 2 heterocycles. The van der Waals surface area contributed by atoms with Crippen LogP contribution in [0.5, 0.6) is 11.9 Å². The number of hydrogen-bond acceptors (Lipinski definition) is 5. The Bertz CT molecular complexity index is 479. The van der Waals surface area contributed by atoms with Crippen molar-refractivity contribution in [2.24, 2.45) is 7.05 Å². The molecule has 2 aromatic heterocycles. The molecule has 2 rings (SSSR count). The molecular weight excluding hydrogens is 194 g/mol. The van der Waals surface area contributed by atoms with E-state index in [1.54, 1.807) is 24.1 Å². The summed E-state index contributed by atoms with van der Waals surface area (Å²) in [5, 5.41) is 3.98. The van der Waals surface area contributed by atoms with Crippen molar-refractivity contribution < 1.29 is 4.74 Å². The zero-order valence-corrected chi connectivity index (χ0v) is 8.51. The maximum absolute atomic E-state index is 5.57. The summed E-state index contributed by atoms with van der Waals surface area (Å²) in [4.78, 5) is 7.98. The Hall–Kier alpha value is -2.11. The molecule has 2 aromatic rings. The average molecular weight is 205 g/mol. The van der Waals surface area contributed by atoms with E-state index in [1.165, 1.54) is 6.20 Å². The number of anilines is 1. The van der Waals surface area contributed by atoms with Gasteiger partial charge in [0, 0.05) is 12.6 Å². The minimum Gasteiger partial charge on any atom is -0.404 e. The molecule has 0 radical (unpaired) electrons. The van der Waals surface area contributed by atoms with E-state index in [0.717, 1.165) is 5.56 Å². The Morgan fingerprint density at radius 3 is 2.80 bits per heavy atom. The van der Waals surface area contributed by atoms with Gasteiger partial charge in [0.1, 0.15) is 6.33 Å². The van der Waals surface area contributed by atoms with Crippen LogP contribution in [0.4, 0.5) is 5.69 Å². The largest absolute Gasteiger partial charge is 0.404 e. The quantitative estimate of drug-likeness (QED) is 0.787. The van der Waals surface area contributed by atoms with E-state index in [-0.39, 0.29) is 6.01 Å². The molecule has 6 heteroatoms. The van der Waals surface area contributed by atoms with Gasteiger partial charge in [-0.1, -0.05) is 0 Å². The van der Waals surface area contributed by atoms with E-state index in [4.69, 9.17) is 10.5 Å². The predicted molar refractivity (Wildman–Crippen MR) is 54.5 cm³/mol. The number of pyridine rings is 1. The summed E-state index contributed by atoms with van der Waals surface area (Å²) in [6, 6.07) is 2.06. The van der Waals surface area contributed by atoms with Gasteiger partial charge in [-0.05, 0) is 13.0 Å². The Labute approximate surface area is 86.7 Å². The van der Waals surface area contributed by atoms with Crippen LogP contribution in [0.3, 0.4) is 0 Å². The third-order valence-corrected chi connectivity index (χ3v) is 1.82. The molecule has 0 amide bonds. The highest BCUT2D eigenvalue weighted by molar-refractivity contribution is 5.42.